The van der Waals surface area contributed by atoms with Crippen molar-refractivity contribution in [1.29, 1.82) is 0 Å². The molecule has 0 heterocycles. The number of benzene rings is 1. The topological polar surface area (TPSA) is 75.3 Å². The van der Waals surface area contributed by atoms with Gasteiger partial charge in [0, 0.05) is 11.6 Å². The number of sulfonamides is 1. The van der Waals surface area contributed by atoms with Crippen LogP contribution in [0, 0.1) is 0 Å². The molecule has 0 aliphatic heterocycles. The second-order valence-corrected chi connectivity index (χ2v) is 8.24. The van der Waals surface area contributed by atoms with E-state index >= 15 is 0 Å². The van der Waals surface area contributed by atoms with E-state index in [1.807, 2.05) is 20.8 Å². The molecular formula is C14H21ClN2O3S. The second-order valence-electron chi connectivity index (χ2n) is 6.12. The number of amides is 1. The van der Waals surface area contributed by atoms with Crippen molar-refractivity contribution in [3.05, 3.63) is 28.8 Å². The number of carbonyl (C=O) groups is 1. The molecule has 1 rings (SSSR count). The Kier molecular flexibility index (Phi) is 5.41. The molecule has 0 aromatic heterocycles. The summed E-state index contributed by atoms with van der Waals surface area (Å²) in [4.78, 5) is 12.2. The van der Waals surface area contributed by atoms with Gasteiger partial charge in [-0.25, -0.2) is 13.1 Å². The first-order valence-electron chi connectivity index (χ1n) is 6.57. The molecule has 0 aliphatic carbocycles. The molecule has 0 saturated carbocycles. The highest BCUT2D eigenvalue weighted by molar-refractivity contribution is 7.89. The minimum atomic E-state index is -3.66. The summed E-state index contributed by atoms with van der Waals surface area (Å²) >= 11 is 6.00. The maximum Gasteiger partial charge on any atom is 0.253 e. The minimum Gasteiger partial charge on any atom is -0.347 e. The van der Waals surface area contributed by atoms with E-state index in [0.717, 1.165) is 0 Å². The van der Waals surface area contributed by atoms with Gasteiger partial charge in [-0.2, -0.15) is 0 Å². The summed E-state index contributed by atoms with van der Waals surface area (Å²) in [5.41, 5.74) is -0.302. The van der Waals surface area contributed by atoms with Gasteiger partial charge in [0.25, 0.3) is 5.91 Å². The summed E-state index contributed by atoms with van der Waals surface area (Å²) in [6.45, 7) is 8.94. The molecule has 0 aliphatic rings. The SMILES string of the molecule is CC(C)NS(=O)(=O)c1ccc(Cl)c(C(=O)NC(C)(C)C)c1. The molecule has 21 heavy (non-hydrogen) atoms. The highest BCUT2D eigenvalue weighted by atomic mass is 35.5. The van der Waals surface area contributed by atoms with Crippen LogP contribution < -0.4 is 10.0 Å². The van der Waals surface area contributed by atoms with Crippen molar-refractivity contribution in [2.45, 2.75) is 51.1 Å². The Balaban J connectivity index is 3.20. The summed E-state index contributed by atoms with van der Waals surface area (Å²) in [6.07, 6.45) is 0. The van der Waals surface area contributed by atoms with Crippen LogP contribution in [0.25, 0.3) is 0 Å². The predicted octanol–water partition coefficient (Wildman–Crippen LogP) is 2.56. The van der Waals surface area contributed by atoms with E-state index in [2.05, 4.69) is 10.0 Å². The molecule has 5 nitrogen and oxygen atoms in total. The predicted molar refractivity (Wildman–Crippen MR) is 84.1 cm³/mol. The van der Waals surface area contributed by atoms with Crippen LogP contribution in [0.15, 0.2) is 23.1 Å². The van der Waals surface area contributed by atoms with Crippen LogP contribution >= 0.6 is 11.6 Å². The molecule has 118 valence electrons. The Morgan fingerprint density at radius 2 is 1.81 bits per heavy atom. The van der Waals surface area contributed by atoms with Crippen LogP contribution in [0.1, 0.15) is 45.0 Å². The summed E-state index contributed by atoms with van der Waals surface area (Å²) in [5, 5.41) is 2.97. The van der Waals surface area contributed by atoms with Gasteiger partial charge < -0.3 is 5.32 Å². The van der Waals surface area contributed by atoms with Crippen molar-refractivity contribution in [1.82, 2.24) is 10.0 Å². The van der Waals surface area contributed by atoms with Gasteiger partial charge in [-0.15, -0.1) is 0 Å². The van der Waals surface area contributed by atoms with Crippen LogP contribution in [-0.4, -0.2) is 25.9 Å². The van der Waals surface area contributed by atoms with Gasteiger partial charge in [0.1, 0.15) is 0 Å². The zero-order valence-corrected chi connectivity index (χ0v) is 14.4. The number of nitrogens with one attached hydrogen (secondary N) is 2. The molecular weight excluding hydrogens is 312 g/mol. The Morgan fingerprint density at radius 1 is 1.24 bits per heavy atom. The lowest BCUT2D eigenvalue weighted by Crippen LogP contribution is -2.40. The first-order valence-corrected chi connectivity index (χ1v) is 8.43. The fourth-order valence-corrected chi connectivity index (χ4v) is 3.11. The number of hydrogen-bond donors (Lipinski definition) is 2. The van der Waals surface area contributed by atoms with Gasteiger partial charge >= 0.3 is 0 Å². The van der Waals surface area contributed by atoms with Crippen molar-refractivity contribution in [3.8, 4) is 0 Å². The van der Waals surface area contributed by atoms with Gasteiger partial charge in [-0.3, -0.25) is 4.79 Å². The maximum absolute atomic E-state index is 12.2. The second kappa shape index (κ2) is 6.34. The van der Waals surface area contributed by atoms with E-state index in [-0.39, 0.29) is 21.5 Å². The minimum absolute atomic E-state index is 0.0136. The molecule has 2 N–H and O–H groups in total. The Morgan fingerprint density at radius 3 is 2.29 bits per heavy atom. The van der Waals surface area contributed by atoms with Gasteiger partial charge in [-0.1, -0.05) is 11.6 Å². The van der Waals surface area contributed by atoms with E-state index in [9.17, 15) is 13.2 Å². The number of carbonyl (C=O) groups excluding carboxylic acids is 1. The number of halogens is 1. The quantitative estimate of drug-likeness (QED) is 0.889. The van der Waals surface area contributed by atoms with Crippen molar-refractivity contribution in [2.24, 2.45) is 0 Å². The standard InChI is InChI=1S/C14H21ClN2O3S/c1-9(2)17-21(19,20)10-6-7-12(15)11(8-10)13(18)16-14(3,4)5/h6-9,17H,1-5H3,(H,16,18). The lowest BCUT2D eigenvalue weighted by molar-refractivity contribution is 0.0919. The summed E-state index contributed by atoms with van der Waals surface area (Å²) < 4.78 is 26.7. The fourth-order valence-electron chi connectivity index (χ4n) is 1.63. The lowest BCUT2D eigenvalue weighted by Gasteiger charge is -2.21. The molecule has 1 aromatic carbocycles. The third-order valence-electron chi connectivity index (χ3n) is 2.37. The van der Waals surface area contributed by atoms with E-state index < -0.39 is 21.5 Å². The normalized spacial score (nSPS) is 12.5. The van der Waals surface area contributed by atoms with Crippen LogP contribution in [-0.2, 0) is 10.0 Å². The summed E-state index contributed by atoms with van der Waals surface area (Å²) in [7, 11) is -3.66. The molecule has 0 saturated heterocycles. The molecule has 1 amide bonds. The average Bonchev–Trinajstić information content (AvgIpc) is 2.24. The molecule has 0 radical (unpaired) electrons. The smallest absolute Gasteiger partial charge is 0.253 e. The Hall–Kier alpha value is -1.11. The first-order chi connectivity index (χ1) is 9.42. The van der Waals surface area contributed by atoms with E-state index in [0.29, 0.717) is 0 Å². The Bertz CT molecular complexity index is 634. The van der Waals surface area contributed by atoms with Crippen molar-refractivity contribution in [3.63, 3.8) is 0 Å². The fraction of sp³-hybridized carbons (Fsp3) is 0.500. The van der Waals surface area contributed by atoms with E-state index in [4.69, 9.17) is 11.6 Å². The molecule has 0 spiro atoms. The molecule has 0 atom stereocenters. The average molecular weight is 333 g/mol. The molecule has 0 fully saturated rings. The maximum atomic E-state index is 12.2. The van der Waals surface area contributed by atoms with E-state index in [1.54, 1.807) is 13.8 Å². The molecule has 0 unspecified atom stereocenters. The molecule has 1 aromatic rings. The highest BCUT2D eigenvalue weighted by Gasteiger charge is 2.21. The molecule has 7 heteroatoms. The van der Waals surface area contributed by atoms with Gasteiger partial charge in [0.15, 0.2) is 0 Å². The van der Waals surface area contributed by atoms with Crippen LogP contribution in [0.2, 0.25) is 5.02 Å². The van der Waals surface area contributed by atoms with Gasteiger partial charge in [0.05, 0.1) is 15.5 Å². The largest absolute Gasteiger partial charge is 0.347 e. The third kappa shape index (κ3) is 5.30. The summed E-state index contributed by atoms with van der Waals surface area (Å²) in [5.74, 6) is -0.408. The number of hydrogen-bond acceptors (Lipinski definition) is 3. The van der Waals surface area contributed by atoms with Crippen molar-refractivity contribution >= 4 is 27.5 Å². The van der Waals surface area contributed by atoms with Crippen LogP contribution in [0.4, 0.5) is 0 Å². The van der Waals surface area contributed by atoms with E-state index in [1.165, 1.54) is 18.2 Å². The van der Waals surface area contributed by atoms with Crippen LogP contribution in [0.3, 0.4) is 0 Å². The monoisotopic (exact) mass is 332 g/mol. The zero-order chi connectivity index (χ0) is 16.4. The van der Waals surface area contributed by atoms with Gasteiger partial charge in [-0.05, 0) is 52.8 Å². The third-order valence-corrected chi connectivity index (χ3v) is 4.36. The highest BCUT2D eigenvalue weighted by Crippen LogP contribution is 2.21. The first kappa shape index (κ1) is 17.9. The van der Waals surface area contributed by atoms with Gasteiger partial charge in [0.2, 0.25) is 10.0 Å². The summed E-state index contributed by atoms with van der Waals surface area (Å²) in [6, 6.07) is 3.83. The Labute approximate surface area is 131 Å². The van der Waals surface area contributed by atoms with Crippen molar-refractivity contribution < 1.29 is 13.2 Å². The van der Waals surface area contributed by atoms with Crippen LogP contribution in [0.5, 0.6) is 0 Å². The molecule has 0 bridgehead atoms. The number of rotatable bonds is 4. The van der Waals surface area contributed by atoms with Crippen molar-refractivity contribution in [2.75, 3.05) is 0 Å². The zero-order valence-electron chi connectivity index (χ0n) is 12.8. The lowest BCUT2D eigenvalue weighted by atomic mass is 10.1.